The minimum absolute atomic E-state index is 0.0701. The fraction of sp³-hybridized carbons (Fsp3) is 0.667. The number of nitrogens with zero attached hydrogens (tertiary/aromatic N) is 2. The summed E-state index contributed by atoms with van der Waals surface area (Å²) in [6.45, 7) is 2.61. The third-order valence-electron chi connectivity index (χ3n) is 3.68. The molecular weight excluding hydrogens is 278 g/mol. The molecule has 1 aromatic rings. The van der Waals surface area contributed by atoms with Crippen molar-refractivity contribution in [2.45, 2.75) is 25.8 Å². The Hall–Kier alpha value is -2.16. The molecular formula is C12H19N5O4. The summed E-state index contributed by atoms with van der Waals surface area (Å²) in [5, 5.41) is 21.0. The minimum atomic E-state index is -0.953. The van der Waals surface area contributed by atoms with E-state index in [1.807, 2.05) is 0 Å². The molecule has 0 spiro atoms. The lowest BCUT2D eigenvalue weighted by Crippen LogP contribution is -2.49. The Morgan fingerprint density at radius 1 is 1.52 bits per heavy atom. The first-order valence-corrected chi connectivity index (χ1v) is 6.74. The number of hydrogen-bond acceptors (Lipinski definition) is 5. The van der Waals surface area contributed by atoms with Crippen LogP contribution in [0.25, 0.3) is 0 Å². The maximum Gasteiger partial charge on any atom is 0.315 e. The molecule has 116 valence electrons. The predicted octanol–water partition coefficient (Wildman–Crippen LogP) is 0.0463. The van der Waals surface area contributed by atoms with Crippen molar-refractivity contribution in [2.24, 2.45) is 5.41 Å². The summed E-state index contributed by atoms with van der Waals surface area (Å²) in [5.41, 5.74) is -0.953. The van der Waals surface area contributed by atoms with Crippen molar-refractivity contribution >= 4 is 12.0 Å². The molecule has 0 aromatic carbocycles. The molecule has 2 rings (SSSR count). The van der Waals surface area contributed by atoms with Gasteiger partial charge in [-0.25, -0.2) is 9.78 Å². The van der Waals surface area contributed by atoms with Crippen LogP contribution in [0.1, 0.15) is 31.6 Å². The molecule has 1 atom stereocenters. The minimum Gasteiger partial charge on any atom is -0.481 e. The van der Waals surface area contributed by atoms with Crippen molar-refractivity contribution in [3.63, 3.8) is 0 Å². The summed E-state index contributed by atoms with van der Waals surface area (Å²) in [6.07, 6.45) is 2.13. The number of nitrogens with one attached hydrogen (secondary N) is 3. The Morgan fingerprint density at radius 3 is 2.81 bits per heavy atom. The van der Waals surface area contributed by atoms with Crippen molar-refractivity contribution in [2.75, 3.05) is 19.8 Å². The SMILES string of the molecule is CC(NC(=O)NCC1(C(=O)O)CCOCC1)c1ncn[nH]1. The van der Waals surface area contributed by atoms with E-state index < -0.39 is 17.4 Å². The average Bonchev–Trinajstić information content (AvgIpc) is 3.00. The maximum atomic E-state index is 11.8. The monoisotopic (exact) mass is 297 g/mol. The van der Waals surface area contributed by atoms with Gasteiger partial charge in [0.2, 0.25) is 0 Å². The molecule has 2 heterocycles. The zero-order chi connectivity index (χ0) is 15.3. The van der Waals surface area contributed by atoms with Crippen LogP contribution in [0.2, 0.25) is 0 Å². The molecule has 0 bridgehead atoms. The van der Waals surface area contributed by atoms with Gasteiger partial charge in [0.05, 0.1) is 11.5 Å². The van der Waals surface area contributed by atoms with Crippen LogP contribution in [-0.2, 0) is 9.53 Å². The summed E-state index contributed by atoms with van der Waals surface area (Å²) in [5.74, 6) is -0.376. The number of carboxylic acids is 1. The Labute approximate surface area is 121 Å². The van der Waals surface area contributed by atoms with Crippen molar-refractivity contribution in [3.05, 3.63) is 12.2 Å². The van der Waals surface area contributed by atoms with E-state index >= 15 is 0 Å². The normalized spacial score (nSPS) is 18.7. The smallest absolute Gasteiger partial charge is 0.315 e. The van der Waals surface area contributed by atoms with Crippen LogP contribution >= 0.6 is 0 Å². The molecule has 1 aliphatic heterocycles. The molecule has 21 heavy (non-hydrogen) atoms. The van der Waals surface area contributed by atoms with E-state index in [1.165, 1.54) is 6.33 Å². The molecule has 1 aromatic heterocycles. The van der Waals surface area contributed by atoms with Crippen LogP contribution < -0.4 is 10.6 Å². The summed E-state index contributed by atoms with van der Waals surface area (Å²) < 4.78 is 5.18. The molecule has 0 saturated carbocycles. The third-order valence-corrected chi connectivity index (χ3v) is 3.68. The van der Waals surface area contributed by atoms with Crippen molar-refractivity contribution < 1.29 is 19.4 Å². The topological polar surface area (TPSA) is 129 Å². The third kappa shape index (κ3) is 3.69. The number of urea groups is 1. The summed E-state index contributed by atoms with van der Waals surface area (Å²) >= 11 is 0. The first kappa shape index (κ1) is 15.2. The average molecular weight is 297 g/mol. The van der Waals surface area contributed by atoms with Gasteiger partial charge < -0.3 is 20.5 Å². The van der Waals surface area contributed by atoms with E-state index in [-0.39, 0.29) is 12.6 Å². The van der Waals surface area contributed by atoms with Crippen LogP contribution in [0.5, 0.6) is 0 Å². The Bertz CT molecular complexity index is 484. The van der Waals surface area contributed by atoms with E-state index in [9.17, 15) is 14.7 Å². The van der Waals surface area contributed by atoms with Crippen LogP contribution in [0, 0.1) is 5.41 Å². The number of ether oxygens (including phenoxy) is 1. The van der Waals surface area contributed by atoms with E-state index in [2.05, 4.69) is 25.8 Å². The largest absolute Gasteiger partial charge is 0.481 e. The Balaban J connectivity index is 1.86. The molecule has 0 radical (unpaired) electrons. The van der Waals surface area contributed by atoms with E-state index in [0.717, 1.165) is 0 Å². The highest BCUT2D eigenvalue weighted by Gasteiger charge is 2.40. The van der Waals surface area contributed by atoms with Crippen LogP contribution in [0.15, 0.2) is 6.33 Å². The molecule has 4 N–H and O–H groups in total. The van der Waals surface area contributed by atoms with Crippen molar-refractivity contribution in [1.29, 1.82) is 0 Å². The lowest BCUT2D eigenvalue weighted by molar-refractivity contribution is -0.154. The molecule has 1 saturated heterocycles. The number of carbonyl (C=O) groups excluding carboxylic acids is 1. The van der Waals surface area contributed by atoms with Gasteiger partial charge in [-0.15, -0.1) is 0 Å². The van der Waals surface area contributed by atoms with Gasteiger partial charge in [-0.3, -0.25) is 9.89 Å². The number of aromatic nitrogens is 3. The van der Waals surface area contributed by atoms with E-state index in [4.69, 9.17) is 4.74 Å². The lowest BCUT2D eigenvalue weighted by Gasteiger charge is -2.33. The highest BCUT2D eigenvalue weighted by molar-refractivity contribution is 5.78. The van der Waals surface area contributed by atoms with Gasteiger partial charge in [0, 0.05) is 19.8 Å². The number of H-pyrrole nitrogens is 1. The van der Waals surface area contributed by atoms with E-state index in [1.54, 1.807) is 6.92 Å². The Kier molecular flexibility index (Phi) is 4.73. The fourth-order valence-corrected chi connectivity index (χ4v) is 2.22. The standard InChI is InChI=1S/C12H19N5O4/c1-8(9-14-7-15-17-9)16-11(20)13-6-12(10(18)19)2-4-21-5-3-12/h7-8H,2-6H2,1H3,(H,18,19)(H2,13,16,20)(H,14,15,17). The maximum absolute atomic E-state index is 11.8. The predicted molar refractivity (Wildman–Crippen MR) is 71.5 cm³/mol. The molecule has 9 nitrogen and oxygen atoms in total. The number of aromatic amines is 1. The van der Waals surface area contributed by atoms with Crippen molar-refractivity contribution in [1.82, 2.24) is 25.8 Å². The van der Waals surface area contributed by atoms with Gasteiger partial charge in [0.1, 0.15) is 12.2 Å². The van der Waals surface area contributed by atoms with Gasteiger partial charge in [-0.05, 0) is 19.8 Å². The number of aliphatic carboxylic acids is 1. The van der Waals surface area contributed by atoms with E-state index in [0.29, 0.717) is 31.9 Å². The van der Waals surface area contributed by atoms with Gasteiger partial charge in [-0.1, -0.05) is 0 Å². The van der Waals surface area contributed by atoms with Crippen LogP contribution in [0.4, 0.5) is 4.79 Å². The van der Waals surface area contributed by atoms with Crippen molar-refractivity contribution in [3.8, 4) is 0 Å². The summed E-state index contributed by atoms with van der Waals surface area (Å²) in [4.78, 5) is 27.2. The second-order valence-electron chi connectivity index (χ2n) is 5.12. The van der Waals surface area contributed by atoms with Crippen LogP contribution in [-0.4, -0.2) is 52.0 Å². The second-order valence-corrected chi connectivity index (χ2v) is 5.12. The number of carbonyl (C=O) groups is 2. The summed E-state index contributed by atoms with van der Waals surface area (Å²) in [7, 11) is 0. The molecule has 9 heteroatoms. The molecule has 1 fully saturated rings. The first-order chi connectivity index (χ1) is 10.0. The quantitative estimate of drug-likeness (QED) is 0.607. The first-order valence-electron chi connectivity index (χ1n) is 6.74. The molecule has 0 aliphatic carbocycles. The number of rotatable bonds is 5. The number of carboxylic acid groups (broad SMARTS) is 1. The number of amides is 2. The summed E-state index contributed by atoms with van der Waals surface area (Å²) in [6, 6.07) is -0.783. The Morgan fingerprint density at radius 2 is 2.24 bits per heavy atom. The van der Waals surface area contributed by atoms with Gasteiger partial charge in [0.15, 0.2) is 0 Å². The molecule has 2 amide bonds. The highest BCUT2D eigenvalue weighted by atomic mass is 16.5. The van der Waals surface area contributed by atoms with Gasteiger partial charge >= 0.3 is 12.0 Å². The lowest BCUT2D eigenvalue weighted by atomic mass is 9.80. The zero-order valence-electron chi connectivity index (χ0n) is 11.8. The number of hydrogen-bond donors (Lipinski definition) is 4. The van der Waals surface area contributed by atoms with Gasteiger partial charge in [-0.2, -0.15) is 5.10 Å². The zero-order valence-corrected chi connectivity index (χ0v) is 11.8. The highest BCUT2D eigenvalue weighted by Crippen LogP contribution is 2.30. The second kappa shape index (κ2) is 6.53. The van der Waals surface area contributed by atoms with Gasteiger partial charge in [0.25, 0.3) is 0 Å². The fourth-order valence-electron chi connectivity index (χ4n) is 2.22. The molecule has 1 aliphatic rings. The molecule has 1 unspecified atom stereocenters. The van der Waals surface area contributed by atoms with Crippen LogP contribution in [0.3, 0.4) is 0 Å².